The SMILES string of the molecule is COc1ccccc1CNC(=O)C1CCCN(c2nc3ccc(F)cc3s2)C1. The van der Waals surface area contributed by atoms with Gasteiger partial charge in [-0.2, -0.15) is 0 Å². The summed E-state index contributed by atoms with van der Waals surface area (Å²) in [7, 11) is 1.63. The number of anilines is 1. The second-order valence-corrected chi connectivity index (χ2v) is 7.93. The van der Waals surface area contributed by atoms with Crippen molar-refractivity contribution >= 4 is 32.6 Å². The molecule has 1 fully saturated rings. The van der Waals surface area contributed by atoms with Crippen molar-refractivity contribution < 1.29 is 13.9 Å². The molecule has 1 atom stereocenters. The fourth-order valence-corrected chi connectivity index (χ4v) is 4.59. The zero-order valence-corrected chi connectivity index (χ0v) is 16.5. The number of nitrogens with zero attached hydrogens (tertiary/aromatic N) is 2. The van der Waals surface area contributed by atoms with Crippen molar-refractivity contribution in [1.29, 1.82) is 0 Å². The normalized spacial score (nSPS) is 16.9. The molecular weight excluding hydrogens is 377 g/mol. The summed E-state index contributed by atoms with van der Waals surface area (Å²) >= 11 is 1.47. The van der Waals surface area contributed by atoms with E-state index in [0.717, 1.165) is 46.0 Å². The van der Waals surface area contributed by atoms with Crippen molar-refractivity contribution in [3.63, 3.8) is 0 Å². The molecular formula is C21H22FN3O2S. The third kappa shape index (κ3) is 3.94. The second kappa shape index (κ2) is 8.14. The fourth-order valence-electron chi connectivity index (χ4n) is 3.56. The van der Waals surface area contributed by atoms with Gasteiger partial charge in [0.15, 0.2) is 5.13 Å². The number of para-hydroxylation sites is 1. The number of nitrogens with one attached hydrogen (secondary N) is 1. The number of carbonyl (C=O) groups excluding carboxylic acids is 1. The molecule has 7 heteroatoms. The summed E-state index contributed by atoms with van der Waals surface area (Å²) in [5, 5.41) is 3.89. The lowest BCUT2D eigenvalue weighted by Gasteiger charge is -2.31. The van der Waals surface area contributed by atoms with E-state index in [1.165, 1.54) is 23.5 Å². The van der Waals surface area contributed by atoms with E-state index in [2.05, 4.69) is 15.2 Å². The Morgan fingerprint density at radius 3 is 3.07 bits per heavy atom. The number of benzene rings is 2. The number of thiazole rings is 1. The summed E-state index contributed by atoms with van der Waals surface area (Å²) in [5.41, 5.74) is 1.75. The molecule has 1 amide bonds. The van der Waals surface area contributed by atoms with Crippen LogP contribution in [0.2, 0.25) is 0 Å². The Bertz CT molecular complexity index is 991. The van der Waals surface area contributed by atoms with Gasteiger partial charge in [-0.25, -0.2) is 9.37 Å². The Morgan fingerprint density at radius 2 is 2.21 bits per heavy atom. The largest absolute Gasteiger partial charge is 0.496 e. The minimum atomic E-state index is -0.255. The van der Waals surface area contributed by atoms with Gasteiger partial charge in [-0.05, 0) is 37.1 Å². The second-order valence-electron chi connectivity index (χ2n) is 6.92. The van der Waals surface area contributed by atoms with E-state index in [1.807, 2.05) is 24.3 Å². The maximum Gasteiger partial charge on any atom is 0.225 e. The van der Waals surface area contributed by atoms with Crippen LogP contribution in [0.4, 0.5) is 9.52 Å². The van der Waals surface area contributed by atoms with E-state index in [9.17, 15) is 9.18 Å². The van der Waals surface area contributed by atoms with E-state index in [0.29, 0.717) is 13.1 Å². The zero-order chi connectivity index (χ0) is 19.5. The van der Waals surface area contributed by atoms with Gasteiger partial charge in [0.05, 0.1) is 23.2 Å². The molecule has 1 saturated heterocycles. The van der Waals surface area contributed by atoms with Gasteiger partial charge >= 0.3 is 0 Å². The van der Waals surface area contributed by atoms with E-state index in [-0.39, 0.29) is 17.6 Å². The average molecular weight is 399 g/mol. The Kier molecular flexibility index (Phi) is 5.43. The summed E-state index contributed by atoms with van der Waals surface area (Å²) < 4.78 is 19.6. The summed E-state index contributed by atoms with van der Waals surface area (Å²) in [6, 6.07) is 12.3. The van der Waals surface area contributed by atoms with Crippen molar-refractivity contribution in [3.8, 4) is 5.75 Å². The van der Waals surface area contributed by atoms with Crippen LogP contribution in [-0.2, 0) is 11.3 Å². The molecule has 1 N–H and O–H groups in total. The highest BCUT2D eigenvalue weighted by Gasteiger charge is 2.27. The number of amides is 1. The predicted octanol–water partition coefficient (Wildman–Crippen LogP) is 3.98. The van der Waals surface area contributed by atoms with Crippen molar-refractivity contribution in [1.82, 2.24) is 10.3 Å². The molecule has 146 valence electrons. The van der Waals surface area contributed by atoms with Crippen LogP contribution in [0.1, 0.15) is 18.4 Å². The lowest BCUT2D eigenvalue weighted by molar-refractivity contribution is -0.125. The van der Waals surface area contributed by atoms with Crippen LogP contribution in [0.15, 0.2) is 42.5 Å². The smallest absolute Gasteiger partial charge is 0.225 e. The van der Waals surface area contributed by atoms with Gasteiger partial charge in [-0.1, -0.05) is 29.5 Å². The number of rotatable bonds is 5. The third-order valence-corrected chi connectivity index (χ3v) is 6.13. The summed E-state index contributed by atoms with van der Waals surface area (Å²) in [6.45, 7) is 1.93. The maximum absolute atomic E-state index is 13.4. The number of aromatic nitrogens is 1. The molecule has 2 aromatic carbocycles. The highest BCUT2D eigenvalue weighted by molar-refractivity contribution is 7.22. The molecule has 0 saturated carbocycles. The number of piperidine rings is 1. The topological polar surface area (TPSA) is 54.5 Å². The molecule has 1 aliphatic rings. The van der Waals surface area contributed by atoms with E-state index >= 15 is 0 Å². The van der Waals surface area contributed by atoms with Crippen molar-refractivity contribution in [2.75, 3.05) is 25.1 Å². The average Bonchev–Trinajstić information content (AvgIpc) is 3.15. The van der Waals surface area contributed by atoms with Gasteiger partial charge in [-0.15, -0.1) is 0 Å². The molecule has 1 aliphatic heterocycles. The number of fused-ring (bicyclic) bond motifs is 1. The monoisotopic (exact) mass is 399 g/mol. The number of hydrogen-bond acceptors (Lipinski definition) is 5. The van der Waals surface area contributed by atoms with Crippen LogP contribution < -0.4 is 15.0 Å². The number of carbonyl (C=O) groups is 1. The van der Waals surface area contributed by atoms with Crippen LogP contribution in [0, 0.1) is 11.7 Å². The highest BCUT2D eigenvalue weighted by atomic mass is 32.1. The molecule has 1 aromatic heterocycles. The van der Waals surface area contributed by atoms with Crippen molar-refractivity contribution in [2.45, 2.75) is 19.4 Å². The Balaban J connectivity index is 1.41. The van der Waals surface area contributed by atoms with E-state index in [1.54, 1.807) is 13.2 Å². The van der Waals surface area contributed by atoms with Crippen LogP contribution in [0.5, 0.6) is 5.75 Å². The van der Waals surface area contributed by atoms with Gasteiger partial charge in [0.25, 0.3) is 0 Å². The number of halogens is 1. The number of ether oxygens (including phenoxy) is 1. The molecule has 4 rings (SSSR count). The molecule has 1 unspecified atom stereocenters. The lowest BCUT2D eigenvalue weighted by Crippen LogP contribution is -2.43. The summed E-state index contributed by atoms with van der Waals surface area (Å²) in [6.07, 6.45) is 1.78. The van der Waals surface area contributed by atoms with Crippen molar-refractivity contribution in [3.05, 3.63) is 53.8 Å². The van der Waals surface area contributed by atoms with Crippen LogP contribution in [0.25, 0.3) is 10.2 Å². The van der Waals surface area contributed by atoms with Crippen LogP contribution in [0.3, 0.4) is 0 Å². The quantitative estimate of drug-likeness (QED) is 0.705. The lowest BCUT2D eigenvalue weighted by atomic mass is 9.97. The first kappa shape index (κ1) is 18.7. The van der Waals surface area contributed by atoms with Crippen LogP contribution >= 0.6 is 11.3 Å². The maximum atomic E-state index is 13.4. The Labute approximate surface area is 167 Å². The molecule has 5 nitrogen and oxygen atoms in total. The molecule has 0 spiro atoms. The zero-order valence-electron chi connectivity index (χ0n) is 15.7. The fraction of sp³-hybridized carbons (Fsp3) is 0.333. The van der Waals surface area contributed by atoms with E-state index in [4.69, 9.17) is 4.74 Å². The van der Waals surface area contributed by atoms with Gasteiger partial charge in [-0.3, -0.25) is 4.79 Å². The predicted molar refractivity (Wildman–Crippen MR) is 109 cm³/mol. The third-order valence-electron chi connectivity index (χ3n) is 5.05. The molecule has 3 aromatic rings. The Morgan fingerprint density at radius 1 is 1.36 bits per heavy atom. The number of hydrogen-bond donors (Lipinski definition) is 1. The van der Waals surface area contributed by atoms with Gasteiger partial charge < -0.3 is 15.0 Å². The Hall–Kier alpha value is -2.67. The van der Waals surface area contributed by atoms with E-state index < -0.39 is 0 Å². The van der Waals surface area contributed by atoms with Gasteiger partial charge in [0, 0.05) is 25.2 Å². The first-order chi connectivity index (χ1) is 13.6. The molecule has 28 heavy (non-hydrogen) atoms. The van der Waals surface area contributed by atoms with Gasteiger partial charge in [0.1, 0.15) is 11.6 Å². The minimum absolute atomic E-state index is 0.0442. The summed E-state index contributed by atoms with van der Waals surface area (Å²) in [5.74, 6) is 0.472. The first-order valence-electron chi connectivity index (χ1n) is 9.34. The minimum Gasteiger partial charge on any atom is -0.496 e. The number of methoxy groups -OCH3 is 1. The molecule has 0 bridgehead atoms. The van der Waals surface area contributed by atoms with Gasteiger partial charge in [0.2, 0.25) is 5.91 Å². The summed E-state index contributed by atoms with van der Waals surface area (Å²) in [4.78, 5) is 19.5. The molecule has 0 radical (unpaired) electrons. The molecule has 2 heterocycles. The van der Waals surface area contributed by atoms with Crippen LogP contribution in [-0.4, -0.2) is 31.1 Å². The first-order valence-corrected chi connectivity index (χ1v) is 10.2. The standard InChI is InChI=1S/C21H22FN3O2S/c1-27-18-7-3-2-5-14(18)12-23-20(26)15-6-4-10-25(13-15)21-24-17-9-8-16(22)11-19(17)28-21/h2-3,5,7-9,11,15H,4,6,10,12-13H2,1H3,(H,23,26). The highest BCUT2D eigenvalue weighted by Crippen LogP contribution is 2.32. The van der Waals surface area contributed by atoms with Crippen molar-refractivity contribution in [2.24, 2.45) is 5.92 Å². The molecule has 0 aliphatic carbocycles.